The lowest BCUT2D eigenvalue weighted by Gasteiger charge is -2.38. The van der Waals surface area contributed by atoms with Crippen LogP contribution in [0.4, 0.5) is 5.13 Å². The molecule has 2 aliphatic rings. The van der Waals surface area contributed by atoms with Crippen LogP contribution in [0.5, 0.6) is 0 Å². The number of benzene rings is 1. The third kappa shape index (κ3) is 4.00. The van der Waals surface area contributed by atoms with E-state index < -0.39 is 5.92 Å². The van der Waals surface area contributed by atoms with Crippen LogP contribution < -0.4 is 10.6 Å². The zero-order valence-corrected chi connectivity index (χ0v) is 19.4. The molecule has 1 aliphatic carbocycles. The highest BCUT2D eigenvalue weighted by molar-refractivity contribution is 8.01. The van der Waals surface area contributed by atoms with E-state index in [4.69, 9.17) is 5.73 Å². The second-order valence-corrected chi connectivity index (χ2v) is 9.91. The number of Topliss-reactive ketones (excluding diaryl/α,β-unsaturated/α-hetero) is 1. The SMILES string of the molecule is CCCSc1nnc(N2C(N)=C(C#N)C(c3ccc(CC)cc3)C3=C2CCCC3=O)s1. The summed E-state index contributed by atoms with van der Waals surface area (Å²) in [4.78, 5) is 14.9. The van der Waals surface area contributed by atoms with Gasteiger partial charge in [-0.1, -0.05) is 61.2 Å². The molecule has 8 heteroatoms. The lowest BCUT2D eigenvalue weighted by molar-refractivity contribution is -0.116. The Hall–Kier alpha value is -2.63. The zero-order chi connectivity index (χ0) is 22.0. The van der Waals surface area contributed by atoms with Gasteiger partial charge in [0.05, 0.1) is 17.6 Å². The van der Waals surface area contributed by atoms with Gasteiger partial charge in [-0.25, -0.2) is 0 Å². The smallest absolute Gasteiger partial charge is 0.219 e. The topological polar surface area (TPSA) is 95.9 Å². The van der Waals surface area contributed by atoms with Crippen LogP contribution in [-0.2, 0) is 11.2 Å². The van der Waals surface area contributed by atoms with Crippen molar-refractivity contribution in [2.75, 3.05) is 10.7 Å². The third-order valence-electron chi connectivity index (χ3n) is 5.65. The van der Waals surface area contributed by atoms with Crippen LogP contribution >= 0.6 is 23.1 Å². The van der Waals surface area contributed by atoms with Gasteiger partial charge in [-0.3, -0.25) is 9.69 Å². The fourth-order valence-corrected chi connectivity index (χ4v) is 5.93. The first-order chi connectivity index (χ1) is 15.1. The minimum absolute atomic E-state index is 0.0844. The van der Waals surface area contributed by atoms with Crippen LogP contribution in [0.15, 0.2) is 51.3 Å². The Morgan fingerprint density at radius 3 is 2.71 bits per heavy atom. The number of carbonyl (C=O) groups excluding carboxylic acids is 1. The predicted molar refractivity (Wildman–Crippen MR) is 125 cm³/mol. The summed E-state index contributed by atoms with van der Waals surface area (Å²) < 4.78 is 0.865. The quantitative estimate of drug-likeness (QED) is 0.624. The van der Waals surface area contributed by atoms with E-state index in [9.17, 15) is 10.1 Å². The van der Waals surface area contributed by atoms with Crippen molar-refractivity contribution in [1.29, 1.82) is 5.26 Å². The summed E-state index contributed by atoms with van der Waals surface area (Å²) in [5, 5.41) is 19.3. The minimum Gasteiger partial charge on any atom is -0.384 e. The number of hydrogen-bond donors (Lipinski definition) is 1. The summed E-state index contributed by atoms with van der Waals surface area (Å²) in [7, 11) is 0. The molecule has 0 spiro atoms. The van der Waals surface area contributed by atoms with Gasteiger partial charge in [-0.15, -0.1) is 10.2 Å². The van der Waals surface area contributed by atoms with Crippen LogP contribution in [0, 0.1) is 11.3 Å². The molecule has 0 bridgehead atoms. The number of nitrogens with zero attached hydrogens (tertiary/aromatic N) is 4. The highest BCUT2D eigenvalue weighted by atomic mass is 32.2. The van der Waals surface area contributed by atoms with Crippen LogP contribution in [0.25, 0.3) is 0 Å². The van der Waals surface area contributed by atoms with Crippen molar-refractivity contribution in [3.05, 3.63) is 58.1 Å². The average molecular weight is 452 g/mol. The summed E-state index contributed by atoms with van der Waals surface area (Å²) >= 11 is 3.11. The number of rotatable bonds is 6. The normalized spacial score (nSPS) is 18.9. The molecule has 4 rings (SSSR count). The van der Waals surface area contributed by atoms with Gasteiger partial charge >= 0.3 is 0 Å². The van der Waals surface area contributed by atoms with Gasteiger partial charge in [0.2, 0.25) is 5.13 Å². The molecule has 0 saturated heterocycles. The van der Waals surface area contributed by atoms with Crippen molar-refractivity contribution < 1.29 is 4.79 Å². The van der Waals surface area contributed by atoms with E-state index >= 15 is 0 Å². The summed E-state index contributed by atoms with van der Waals surface area (Å²) in [6, 6.07) is 10.4. The number of aromatic nitrogens is 2. The molecule has 2 heterocycles. The molecule has 6 nitrogen and oxygen atoms in total. The second kappa shape index (κ2) is 9.25. The van der Waals surface area contributed by atoms with E-state index in [1.165, 1.54) is 16.9 Å². The van der Waals surface area contributed by atoms with Crippen molar-refractivity contribution >= 4 is 34.0 Å². The van der Waals surface area contributed by atoms with Crippen molar-refractivity contribution in [3.8, 4) is 6.07 Å². The third-order valence-corrected chi connectivity index (χ3v) is 7.90. The number of ketones is 1. The number of aryl methyl sites for hydroxylation is 1. The van der Waals surface area contributed by atoms with E-state index in [1.807, 2.05) is 12.1 Å². The van der Waals surface area contributed by atoms with Crippen molar-refractivity contribution in [2.45, 2.75) is 56.2 Å². The van der Waals surface area contributed by atoms with Gasteiger partial charge in [-0.05, 0) is 36.8 Å². The lowest BCUT2D eigenvalue weighted by Crippen LogP contribution is -2.38. The maximum atomic E-state index is 13.1. The molecule has 1 atom stereocenters. The predicted octanol–water partition coefficient (Wildman–Crippen LogP) is 4.91. The standard InChI is InChI=1S/C23H25N5OS2/c1-3-12-30-23-27-26-22(31-23)28-17-6-5-7-18(29)20(17)19(16(13-24)21(28)25)15-10-8-14(4-2)9-11-15/h8-11,19H,3-7,12,25H2,1-2H3. The molecular formula is C23H25N5OS2. The Morgan fingerprint density at radius 2 is 2.03 bits per heavy atom. The Kier molecular flexibility index (Phi) is 6.44. The van der Waals surface area contributed by atoms with E-state index in [0.717, 1.165) is 47.0 Å². The molecule has 1 aromatic carbocycles. The summed E-state index contributed by atoms with van der Waals surface area (Å²) in [5.41, 5.74) is 10.7. The van der Waals surface area contributed by atoms with Gasteiger partial charge < -0.3 is 5.73 Å². The van der Waals surface area contributed by atoms with Gasteiger partial charge in [0.25, 0.3) is 0 Å². The number of allylic oxidation sites excluding steroid dienone is 3. The number of nitriles is 1. The first kappa shape index (κ1) is 21.6. The van der Waals surface area contributed by atoms with Gasteiger partial charge in [0.15, 0.2) is 10.1 Å². The number of hydrogen-bond acceptors (Lipinski definition) is 8. The summed E-state index contributed by atoms with van der Waals surface area (Å²) in [6.07, 6.45) is 3.96. The second-order valence-electron chi connectivity index (χ2n) is 7.61. The number of thioether (sulfide) groups is 1. The largest absolute Gasteiger partial charge is 0.384 e. The Bertz CT molecular complexity index is 1090. The fraction of sp³-hybridized carbons (Fsp3) is 0.391. The molecule has 2 N–H and O–H groups in total. The van der Waals surface area contributed by atoms with E-state index in [-0.39, 0.29) is 5.78 Å². The Balaban J connectivity index is 1.84. The maximum Gasteiger partial charge on any atom is 0.219 e. The minimum atomic E-state index is -0.434. The molecule has 31 heavy (non-hydrogen) atoms. The number of carbonyl (C=O) groups is 1. The molecular weight excluding hydrogens is 426 g/mol. The molecule has 1 aliphatic heterocycles. The molecule has 160 valence electrons. The van der Waals surface area contributed by atoms with Crippen LogP contribution in [0.2, 0.25) is 0 Å². The van der Waals surface area contributed by atoms with Crippen LogP contribution in [-0.4, -0.2) is 21.7 Å². The van der Waals surface area contributed by atoms with Gasteiger partial charge in [0.1, 0.15) is 5.82 Å². The molecule has 0 amide bonds. The zero-order valence-electron chi connectivity index (χ0n) is 17.7. The van der Waals surface area contributed by atoms with Gasteiger partial charge in [-0.2, -0.15) is 5.26 Å². The Labute approximate surface area is 190 Å². The molecule has 1 unspecified atom stereocenters. The first-order valence-electron chi connectivity index (χ1n) is 10.6. The van der Waals surface area contributed by atoms with Crippen molar-refractivity contribution in [2.24, 2.45) is 5.73 Å². The van der Waals surface area contributed by atoms with Crippen LogP contribution in [0.3, 0.4) is 0 Å². The van der Waals surface area contributed by atoms with Crippen LogP contribution in [0.1, 0.15) is 56.6 Å². The highest BCUT2D eigenvalue weighted by Gasteiger charge is 2.41. The lowest BCUT2D eigenvalue weighted by atomic mass is 9.75. The maximum absolute atomic E-state index is 13.1. The van der Waals surface area contributed by atoms with E-state index in [0.29, 0.717) is 28.5 Å². The number of anilines is 1. The van der Waals surface area contributed by atoms with E-state index in [1.54, 1.807) is 16.7 Å². The monoisotopic (exact) mass is 451 g/mol. The summed E-state index contributed by atoms with van der Waals surface area (Å²) in [5.74, 6) is 0.966. The van der Waals surface area contributed by atoms with Crippen molar-refractivity contribution in [1.82, 2.24) is 10.2 Å². The number of nitrogens with two attached hydrogens (primary N) is 1. The van der Waals surface area contributed by atoms with E-state index in [2.05, 4.69) is 42.2 Å². The molecule has 0 fully saturated rings. The fourth-order valence-electron chi connectivity index (χ4n) is 4.12. The molecule has 2 aromatic rings. The molecule has 1 aromatic heterocycles. The Morgan fingerprint density at radius 1 is 1.26 bits per heavy atom. The van der Waals surface area contributed by atoms with Crippen molar-refractivity contribution in [3.63, 3.8) is 0 Å². The summed E-state index contributed by atoms with van der Waals surface area (Å²) in [6.45, 7) is 4.23. The first-order valence-corrected chi connectivity index (χ1v) is 12.4. The van der Waals surface area contributed by atoms with Gasteiger partial charge in [0, 0.05) is 23.4 Å². The molecule has 0 saturated carbocycles. The molecule has 0 radical (unpaired) electrons. The highest BCUT2D eigenvalue weighted by Crippen LogP contribution is 2.47. The average Bonchev–Trinajstić information content (AvgIpc) is 3.25.